The number of ether oxygens (including phenoxy) is 1. The molecule has 1 aromatic rings. The second kappa shape index (κ2) is 7.39. The van der Waals surface area contributed by atoms with Crippen LogP contribution in [0.2, 0.25) is 0 Å². The van der Waals surface area contributed by atoms with Crippen molar-refractivity contribution in [3.05, 3.63) is 35.6 Å². The quantitative estimate of drug-likeness (QED) is 0.869. The molecule has 2 atom stereocenters. The molecular weight excluding hydrogens is 257 g/mol. The van der Waals surface area contributed by atoms with Crippen molar-refractivity contribution in [3.8, 4) is 0 Å². The molecule has 0 aromatic heterocycles. The van der Waals surface area contributed by atoms with Gasteiger partial charge in [0.15, 0.2) is 0 Å². The Labute approximate surface area is 119 Å². The van der Waals surface area contributed by atoms with Gasteiger partial charge in [-0.3, -0.25) is 4.79 Å². The number of carbonyl (C=O) groups is 1. The molecule has 0 spiro atoms. The fourth-order valence-electron chi connectivity index (χ4n) is 2.87. The van der Waals surface area contributed by atoms with E-state index in [1.807, 2.05) is 12.1 Å². The predicted molar refractivity (Wildman–Crippen MR) is 75.9 cm³/mol. The van der Waals surface area contributed by atoms with Crippen LogP contribution in [0.5, 0.6) is 0 Å². The molecule has 3 nitrogen and oxygen atoms in total. The minimum Gasteiger partial charge on any atom is -0.384 e. The van der Waals surface area contributed by atoms with Gasteiger partial charge >= 0.3 is 0 Å². The van der Waals surface area contributed by atoms with Crippen molar-refractivity contribution < 1.29 is 13.9 Å². The summed E-state index contributed by atoms with van der Waals surface area (Å²) >= 11 is 0. The lowest BCUT2D eigenvalue weighted by molar-refractivity contribution is -0.122. The van der Waals surface area contributed by atoms with E-state index in [1.165, 1.54) is 12.1 Å². The van der Waals surface area contributed by atoms with Crippen LogP contribution in [0.4, 0.5) is 4.39 Å². The molecular formula is C16H22FNO2. The van der Waals surface area contributed by atoms with Gasteiger partial charge < -0.3 is 10.1 Å². The lowest BCUT2D eigenvalue weighted by Crippen LogP contribution is -2.38. The minimum absolute atomic E-state index is 0.0582. The normalized spacial score (nSPS) is 21.9. The molecule has 1 aromatic carbocycles. The number of benzene rings is 1. The number of hydrogen-bond acceptors (Lipinski definition) is 2. The molecule has 0 aliphatic heterocycles. The first-order valence-corrected chi connectivity index (χ1v) is 7.22. The lowest BCUT2D eigenvalue weighted by atomic mass is 9.94. The molecule has 0 heterocycles. The lowest BCUT2D eigenvalue weighted by Gasteiger charge is -2.21. The van der Waals surface area contributed by atoms with Gasteiger partial charge in [0.1, 0.15) is 5.82 Å². The summed E-state index contributed by atoms with van der Waals surface area (Å²) in [5, 5.41) is 3.10. The van der Waals surface area contributed by atoms with Crippen LogP contribution in [-0.2, 0) is 16.0 Å². The molecule has 110 valence electrons. The Morgan fingerprint density at radius 1 is 1.35 bits per heavy atom. The van der Waals surface area contributed by atoms with E-state index in [0.717, 1.165) is 31.2 Å². The summed E-state index contributed by atoms with van der Waals surface area (Å²) < 4.78 is 17.8. The Morgan fingerprint density at radius 2 is 2.10 bits per heavy atom. The van der Waals surface area contributed by atoms with Crippen molar-refractivity contribution in [1.82, 2.24) is 5.32 Å². The highest BCUT2D eigenvalue weighted by atomic mass is 19.1. The number of hydrogen-bond donors (Lipinski definition) is 1. The van der Waals surface area contributed by atoms with Crippen molar-refractivity contribution >= 4 is 5.91 Å². The maximum Gasteiger partial charge on any atom is 0.222 e. The summed E-state index contributed by atoms with van der Waals surface area (Å²) in [7, 11) is 1.60. The summed E-state index contributed by atoms with van der Waals surface area (Å²) in [4.78, 5) is 11.8. The summed E-state index contributed by atoms with van der Waals surface area (Å²) in [6, 6.07) is 6.89. The van der Waals surface area contributed by atoms with E-state index in [0.29, 0.717) is 18.9 Å². The highest BCUT2D eigenvalue weighted by molar-refractivity contribution is 5.76. The molecule has 1 aliphatic rings. The molecule has 1 saturated carbocycles. The molecule has 1 amide bonds. The Balaban J connectivity index is 1.87. The SMILES string of the molecule is COCCC(=O)NC1CCCC1Cc1ccc(F)cc1. The van der Waals surface area contributed by atoms with E-state index >= 15 is 0 Å². The Hall–Kier alpha value is -1.42. The van der Waals surface area contributed by atoms with Crippen molar-refractivity contribution in [2.24, 2.45) is 5.92 Å². The van der Waals surface area contributed by atoms with Crippen LogP contribution in [-0.4, -0.2) is 25.7 Å². The first kappa shape index (κ1) is 15.0. The van der Waals surface area contributed by atoms with E-state index in [-0.39, 0.29) is 17.8 Å². The molecule has 0 saturated heterocycles. The van der Waals surface area contributed by atoms with E-state index < -0.39 is 0 Å². The first-order chi connectivity index (χ1) is 9.69. The average Bonchev–Trinajstić information content (AvgIpc) is 2.86. The Kier molecular flexibility index (Phi) is 5.53. The van der Waals surface area contributed by atoms with Gasteiger partial charge in [0.25, 0.3) is 0 Å². The minimum atomic E-state index is -0.204. The van der Waals surface area contributed by atoms with Gasteiger partial charge in [0.05, 0.1) is 6.61 Å². The molecule has 4 heteroatoms. The summed E-state index contributed by atoms with van der Waals surface area (Å²) in [5.74, 6) is 0.305. The maximum absolute atomic E-state index is 12.9. The van der Waals surface area contributed by atoms with Crippen molar-refractivity contribution in [2.75, 3.05) is 13.7 Å². The summed E-state index contributed by atoms with van der Waals surface area (Å²) in [6.45, 7) is 0.460. The third kappa shape index (κ3) is 4.30. The van der Waals surface area contributed by atoms with Crippen LogP contribution in [0.1, 0.15) is 31.2 Å². The maximum atomic E-state index is 12.9. The second-order valence-corrected chi connectivity index (χ2v) is 5.44. The molecule has 2 unspecified atom stereocenters. The fourth-order valence-corrected chi connectivity index (χ4v) is 2.87. The van der Waals surface area contributed by atoms with Gasteiger partial charge in [-0.2, -0.15) is 0 Å². The number of rotatable bonds is 6. The zero-order valence-electron chi connectivity index (χ0n) is 11.9. The highest BCUT2D eigenvalue weighted by Gasteiger charge is 2.28. The van der Waals surface area contributed by atoms with E-state index in [1.54, 1.807) is 7.11 Å². The van der Waals surface area contributed by atoms with Gasteiger partial charge in [-0.25, -0.2) is 4.39 Å². The van der Waals surface area contributed by atoms with Crippen LogP contribution < -0.4 is 5.32 Å². The topological polar surface area (TPSA) is 38.3 Å². The van der Waals surface area contributed by atoms with Gasteiger partial charge in [0.2, 0.25) is 5.91 Å². The monoisotopic (exact) mass is 279 g/mol. The van der Waals surface area contributed by atoms with E-state index in [4.69, 9.17) is 4.74 Å². The Bertz CT molecular complexity index is 433. The second-order valence-electron chi connectivity index (χ2n) is 5.44. The van der Waals surface area contributed by atoms with Gasteiger partial charge in [-0.15, -0.1) is 0 Å². The summed E-state index contributed by atoms with van der Waals surface area (Å²) in [6.07, 6.45) is 4.60. The van der Waals surface area contributed by atoms with Crippen LogP contribution in [0, 0.1) is 11.7 Å². The average molecular weight is 279 g/mol. The molecule has 2 rings (SSSR count). The highest BCUT2D eigenvalue weighted by Crippen LogP contribution is 2.29. The van der Waals surface area contributed by atoms with E-state index in [2.05, 4.69) is 5.32 Å². The molecule has 1 aliphatic carbocycles. The zero-order valence-corrected chi connectivity index (χ0v) is 11.9. The third-order valence-electron chi connectivity index (χ3n) is 3.95. The van der Waals surface area contributed by atoms with Crippen molar-refractivity contribution in [2.45, 2.75) is 38.1 Å². The largest absolute Gasteiger partial charge is 0.384 e. The third-order valence-corrected chi connectivity index (χ3v) is 3.95. The van der Waals surface area contributed by atoms with Crippen molar-refractivity contribution in [1.29, 1.82) is 0 Å². The van der Waals surface area contributed by atoms with Crippen LogP contribution >= 0.6 is 0 Å². The number of halogens is 1. The van der Waals surface area contributed by atoms with Gasteiger partial charge in [-0.05, 0) is 42.9 Å². The van der Waals surface area contributed by atoms with Crippen LogP contribution in [0.15, 0.2) is 24.3 Å². The first-order valence-electron chi connectivity index (χ1n) is 7.22. The van der Waals surface area contributed by atoms with Gasteiger partial charge in [0, 0.05) is 19.6 Å². The number of nitrogens with one attached hydrogen (secondary N) is 1. The smallest absolute Gasteiger partial charge is 0.222 e. The molecule has 20 heavy (non-hydrogen) atoms. The van der Waals surface area contributed by atoms with Gasteiger partial charge in [-0.1, -0.05) is 18.6 Å². The standard InChI is InChI=1S/C16H22FNO2/c1-20-10-9-16(19)18-15-4-2-3-13(15)11-12-5-7-14(17)8-6-12/h5-8,13,15H,2-4,9-11H2,1H3,(H,18,19). The number of amides is 1. The van der Waals surface area contributed by atoms with E-state index in [9.17, 15) is 9.18 Å². The number of carbonyl (C=O) groups excluding carboxylic acids is 1. The molecule has 1 fully saturated rings. The molecule has 0 radical (unpaired) electrons. The Morgan fingerprint density at radius 3 is 2.80 bits per heavy atom. The van der Waals surface area contributed by atoms with Crippen LogP contribution in [0.3, 0.4) is 0 Å². The number of methoxy groups -OCH3 is 1. The summed E-state index contributed by atoms with van der Waals surface area (Å²) in [5.41, 5.74) is 1.13. The van der Waals surface area contributed by atoms with Crippen molar-refractivity contribution in [3.63, 3.8) is 0 Å². The predicted octanol–water partition coefficient (Wildman–Crippen LogP) is 2.69. The molecule has 1 N–H and O–H groups in total. The molecule has 0 bridgehead atoms. The zero-order chi connectivity index (χ0) is 14.4. The van der Waals surface area contributed by atoms with Crippen LogP contribution in [0.25, 0.3) is 0 Å². The fraction of sp³-hybridized carbons (Fsp3) is 0.562.